The van der Waals surface area contributed by atoms with E-state index in [-0.39, 0.29) is 5.41 Å². The van der Waals surface area contributed by atoms with Gasteiger partial charge in [0.15, 0.2) is 0 Å². The standard InChI is InChI=1S/C20H25N3O/c1-19-5-3-4-6-20(19)7-10-23(2)16(19)11-13-14(20)12-15(24)18-17(13)21-8-9-22-18/h8-9,12,16,24H,3-7,10-11H2,1-2H3/t16-,19+,20+/m0/s1. The van der Waals surface area contributed by atoms with Crippen LogP contribution in [0.4, 0.5) is 0 Å². The highest BCUT2D eigenvalue weighted by Gasteiger charge is 2.60. The lowest BCUT2D eigenvalue weighted by Crippen LogP contribution is -2.66. The maximum absolute atomic E-state index is 10.6. The molecule has 3 aliphatic rings. The van der Waals surface area contributed by atoms with Gasteiger partial charge in [0.1, 0.15) is 11.3 Å². The molecule has 2 heterocycles. The highest BCUT2D eigenvalue weighted by Crippen LogP contribution is 2.63. The number of hydrogen-bond donors (Lipinski definition) is 1. The molecule has 0 spiro atoms. The third kappa shape index (κ3) is 1.58. The monoisotopic (exact) mass is 323 g/mol. The average Bonchev–Trinajstić information content (AvgIpc) is 2.59. The van der Waals surface area contributed by atoms with Crippen molar-refractivity contribution in [2.45, 2.75) is 56.9 Å². The fourth-order valence-electron chi connectivity index (χ4n) is 6.30. The minimum atomic E-state index is 0.194. The van der Waals surface area contributed by atoms with Gasteiger partial charge in [-0.25, -0.2) is 4.98 Å². The van der Waals surface area contributed by atoms with Crippen LogP contribution in [0.3, 0.4) is 0 Å². The SMILES string of the molecule is CN1CC[C@@]23CCCC[C@]2(C)[C@@H]1Cc1c3cc(O)c2nccnc12. The Morgan fingerprint density at radius 1 is 1.12 bits per heavy atom. The number of phenols is 1. The van der Waals surface area contributed by atoms with Gasteiger partial charge in [-0.3, -0.25) is 4.98 Å². The van der Waals surface area contributed by atoms with Crippen LogP contribution in [-0.4, -0.2) is 39.6 Å². The summed E-state index contributed by atoms with van der Waals surface area (Å²) in [5.74, 6) is 0.302. The quantitative estimate of drug-likeness (QED) is 0.807. The number of hydrogen-bond acceptors (Lipinski definition) is 4. The maximum Gasteiger partial charge on any atom is 0.143 e. The van der Waals surface area contributed by atoms with Crippen molar-refractivity contribution in [3.8, 4) is 5.75 Å². The molecule has 1 N–H and O–H groups in total. The molecule has 0 radical (unpaired) electrons. The van der Waals surface area contributed by atoms with Gasteiger partial charge >= 0.3 is 0 Å². The number of aromatic hydroxyl groups is 1. The molecule has 1 aromatic heterocycles. The summed E-state index contributed by atoms with van der Waals surface area (Å²) in [6, 6.07) is 2.60. The number of phenolic OH excluding ortho intramolecular Hbond substituents is 1. The van der Waals surface area contributed by atoms with E-state index in [9.17, 15) is 5.11 Å². The van der Waals surface area contributed by atoms with Crippen LogP contribution in [0.2, 0.25) is 0 Å². The third-order valence-corrected chi connectivity index (χ3v) is 7.55. The van der Waals surface area contributed by atoms with Gasteiger partial charge in [-0.15, -0.1) is 0 Å². The zero-order chi connectivity index (χ0) is 16.5. The molecule has 1 aromatic carbocycles. The largest absolute Gasteiger partial charge is 0.506 e. The highest BCUT2D eigenvalue weighted by atomic mass is 16.3. The van der Waals surface area contributed by atoms with Crippen LogP contribution in [0.15, 0.2) is 18.5 Å². The van der Waals surface area contributed by atoms with Crippen LogP contribution in [0, 0.1) is 5.41 Å². The number of aromatic nitrogens is 2. The molecule has 2 aromatic rings. The number of benzene rings is 1. The predicted octanol–water partition coefficient (Wildman–Crippen LogP) is 3.41. The van der Waals surface area contributed by atoms with E-state index in [1.807, 2.05) is 6.07 Å². The Bertz CT molecular complexity index is 835. The number of nitrogens with zero attached hydrogens (tertiary/aromatic N) is 3. The van der Waals surface area contributed by atoms with E-state index in [2.05, 4.69) is 28.8 Å². The molecule has 4 nitrogen and oxygen atoms in total. The Labute approximate surface area is 142 Å². The van der Waals surface area contributed by atoms with Gasteiger partial charge in [0, 0.05) is 23.9 Å². The highest BCUT2D eigenvalue weighted by molar-refractivity contribution is 5.86. The van der Waals surface area contributed by atoms with E-state index in [1.165, 1.54) is 43.2 Å². The van der Waals surface area contributed by atoms with E-state index in [1.54, 1.807) is 12.4 Å². The lowest BCUT2D eigenvalue weighted by molar-refractivity contribution is -0.0733. The third-order valence-electron chi connectivity index (χ3n) is 7.55. The molecular weight excluding hydrogens is 298 g/mol. The van der Waals surface area contributed by atoms with Crippen molar-refractivity contribution in [3.63, 3.8) is 0 Å². The van der Waals surface area contributed by atoms with E-state index in [0.717, 1.165) is 18.5 Å². The van der Waals surface area contributed by atoms with Crippen LogP contribution < -0.4 is 0 Å². The zero-order valence-corrected chi connectivity index (χ0v) is 14.5. The van der Waals surface area contributed by atoms with Crippen LogP contribution in [0.5, 0.6) is 5.75 Å². The lowest BCUT2D eigenvalue weighted by Gasteiger charge is -2.65. The normalized spacial score (nSPS) is 35.5. The van der Waals surface area contributed by atoms with E-state index in [0.29, 0.717) is 22.7 Å². The molecule has 1 saturated carbocycles. The number of piperidine rings is 1. The summed E-state index contributed by atoms with van der Waals surface area (Å²) in [6.45, 7) is 3.66. The van der Waals surface area contributed by atoms with E-state index >= 15 is 0 Å². The van der Waals surface area contributed by atoms with Gasteiger partial charge in [0.05, 0.1) is 5.52 Å². The van der Waals surface area contributed by atoms with Gasteiger partial charge in [-0.1, -0.05) is 19.8 Å². The Morgan fingerprint density at radius 3 is 2.71 bits per heavy atom. The number of likely N-dealkylation sites (N-methyl/N-ethyl adjacent to an activating group) is 1. The van der Waals surface area contributed by atoms with Gasteiger partial charge in [0.2, 0.25) is 0 Å². The van der Waals surface area contributed by atoms with Crippen molar-refractivity contribution in [2.24, 2.45) is 5.41 Å². The average molecular weight is 323 g/mol. The second-order valence-electron chi connectivity index (χ2n) is 8.33. The minimum absolute atomic E-state index is 0.194. The molecule has 3 atom stereocenters. The first kappa shape index (κ1) is 14.6. The molecule has 2 fully saturated rings. The van der Waals surface area contributed by atoms with Crippen LogP contribution >= 0.6 is 0 Å². The maximum atomic E-state index is 10.6. The summed E-state index contributed by atoms with van der Waals surface area (Å²) in [6.07, 6.45) is 10.8. The smallest absolute Gasteiger partial charge is 0.143 e. The first-order valence-corrected chi connectivity index (χ1v) is 9.23. The van der Waals surface area contributed by atoms with Crippen LogP contribution in [-0.2, 0) is 11.8 Å². The van der Waals surface area contributed by atoms with Crippen molar-refractivity contribution in [2.75, 3.05) is 13.6 Å². The second kappa shape index (κ2) is 4.69. The number of likely N-dealkylation sites (tertiary alicyclic amines) is 1. The fraction of sp³-hybridized carbons (Fsp3) is 0.600. The molecule has 0 amide bonds. The molecule has 1 aliphatic heterocycles. The van der Waals surface area contributed by atoms with E-state index < -0.39 is 0 Å². The first-order chi connectivity index (χ1) is 11.6. The molecule has 1 saturated heterocycles. The topological polar surface area (TPSA) is 49.2 Å². The van der Waals surface area contributed by atoms with Crippen LogP contribution in [0.1, 0.15) is 50.2 Å². The molecule has 2 aliphatic carbocycles. The number of fused-ring (bicyclic) bond motifs is 3. The lowest BCUT2D eigenvalue weighted by atomic mass is 9.44. The summed E-state index contributed by atoms with van der Waals surface area (Å²) in [4.78, 5) is 11.6. The molecule has 5 rings (SSSR count). The first-order valence-electron chi connectivity index (χ1n) is 9.23. The van der Waals surface area contributed by atoms with Crippen LogP contribution in [0.25, 0.3) is 11.0 Å². The molecule has 2 bridgehead atoms. The summed E-state index contributed by atoms with van der Waals surface area (Å²) in [7, 11) is 2.29. The molecule has 0 unspecified atom stereocenters. The van der Waals surface area contributed by atoms with Crippen molar-refractivity contribution < 1.29 is 5.11 Å². The van der Waals surface area contributed by atoms with Gasteiger partial charge in [-0.05, 0) is 61.9 Å². The zero-order valence-electron chi connectivity index (χ0n) is 14.5. The Kier molecular flexibility index (Phi) is 2.86. The number of rotatable bonds is 0. The van der Waals surface area contributed by atoms with Crippen molar-refractivity contribution in [3.05, 3.63) is 29.6 Å². The fourth-order valence-corrected chi connectivity index (χ4v) is 6.30. The van der Waals surface area contributed by atoms with Crippen molar-refractivity contribution >= 4 is 11.0 Å². The second-order valence-corrected chi connectivity index (χ2v) is 8.33. The summed E-state index contributed by atoms with van der Waals surface area (Å²) < 4.78 is 0. The molecule has 4 heteroatoms. The Hall–Kier alpha value is -1.68. The van der Waals surface area contributed by atoms with E-state index in [4.69, 9.17) is 0 Å². The van der Waals surface area contributed by atoms with Gasteiger partial charge < -0.3 is 10.0 Å². The van der Waals surface area contributed by atoms with Gasteiger partial charge in [0.25, 0.3) is 0 Å². The predicted molar refractivity (Wildman–Crippen MR) is 94.2 cm³/mol. The summed E-state index contributed by atoms with van der Waals surface area (Å²) in [5, 5.41) is 10.6. The molecular formula is C20H25N3O. The molecule has 126 valence electrons. The van der Waals surface area contributed by atoms with Gasteiger partial charge in [-0.2, -0.15) is 0 Å². The summed E-state index contributed by atoms with van der Waals surface area (Å²) in [5.41, 5.74) is 4.78. The Balaban J connectivity index is 1.86. The Morgan fingerprint density at radius 2 is 1.88 bits per heavy atom. The molecule has 24 heavy (non-hydrogen) atoms. The summed E-state index contributed by atoms with van der Waals surface area (Å²) >= 11 is 0. The van der Waals surface area contributed by atoms with Crippen molar-refractivity contribution in [1.29, 1.82) is 0 Å². The minimum Gasteiger partial charge on any atom is -0.506 e. The van der Waals surface area contributed by atoms with Crippen molar-refractivity contribution in [1.82, 2.24) is 14.9 Å².